The number of rotatable bonds is 4. The van der Waals surface area contributed by atoms with Crippen molar-refractivity contribution in [3.05, 3.63) is 11.9 Å². The quantitative estimate of drug-likeness (QED) is 0.893. The first-order valence-electron chi connectivity index (χ1n) is 7.55. The molecule has 2 atom stereocenters. The van der Waals surface area contributed by atoms with Gasteiger partial charge in [-0.05, 0) is 6.42 Å². The Hall–Kier alpha value is -1.36. The molecule has 5 heteroatoms. The maximum absolute atomic E-state index is 5.51. The molecule has 2 rings (SSSR count). The van der Waals surface area contributed by atoms with E-state index in [9.17, 15) is 0 Å². The molecule has 0 spiro atoms. The largest absolute Gasteiger partial charge is 0.381 e. The van der Waals surface area contributed by atoms with Crippen molar-refractivity contribution in [2.75, 3.05) is 24.8 Å². The first kappa shape index (κ1) is 16.0. The van der Waals surface area contributed by atoms with Gasteiger partial charge in [-0.15, -0.1) is 0 Å². The highest BCUT2D eigenvalue weighted by Crippen LogP contribution is 2.44. The number of hydrogen-bond donors (Lipinski definition) is 2. The van der Waals surface area contributed by atoms with Gasteiger partial charge in [-0.1, -0.05) is 34.6 Å². The van der Waals surface area contributed by atoms with Crippen molar-refractivity contribution in [1.82, 2.24) is 9.97 Å². The lowest BCUT2D eigenvalue weighted by Crippen LogP contribution is -2.57. The first-order valence-corrected chi connectivity index (χ1v) is 7.55. The normalized spacial score (nSPS) is 24.3. The molecule has 2 unspecified atom stereocenters. The van der Waals surface area contributed by atoms with Crippen LogP contribution in [0.4, 0.5) is 11.6 Å². The molecule has 1 heterocycles. The van der Waals surface area contributed by atoms with E-state index < -0.39 is 0 Å². The molecule has 21 heavy (non-hydrogen) atoms. The van der Waals surface area contributed by atoms with E-state index >= 15 is 0 Å². The Morgan fingerprint density at radius 1 is 1.24 bits per heavy atom. The molecular formula is C16H28N4O. The van der Waals surface area contributed by atoms with Crippen molar-refractivity contribution in [1.29, 1.82) is 0 Å². The molecule has 1 aromatic rings. The summed E-state index contributed by atoms with van der Waals surface area (Å²) in [6.45, 7) is 10.8. The van der Waals surface area contributed by atoms with Gasteiger partial charge in [0.05, 0.1) is 6.10 Å². The molecular weight excluding hydrogens is 264 g/mol. The molecule has 0 bridgehead atoms. The predicted molar refractivity (Wildman–Crippen MR) is 86.9 cm³/mol. The summed E-state index contributed by atoms with van der Waals surface area (Å²) in [4.78, 5) is 9.24. The van der Waals surface area contributed by atoms with Crippen molar-refractivity contribution < 1.29 is 4.74 Å². The first-order chi connectivity index (χ1) is 9.68. The van der Waals surface area contributed by atoms with E-state index in [1.165, 1.54) is 0 Å². The molecule has 0 aromatic carbocycles. The smallest absolute Gasteiger partial charge is 0.138 e. The molecule has 118 valence electrons. The van der Waals surface area contributed by atoms with Gasteiger partial charge in [0.2, 0.25) is 0 Å². The minimum atomic E-state index is -0.0759. The van der Waals surface area contributed by atoms with Crippen LogP contribution in [0.15, 0.2) is 6.07 Å². The highest BCUT2D eigenvalue weighted by Gasteiger charge is 2.48. The maximum atomic E-state index is 5.51. The maximum Gasteiger partial charge on any atom is 0.138 e. The van der Waals surface area contributed by atoms with Crippen LogP contribution in [0.2, 0.25) is 0 Å². The molecule has 2 N–H and O–H groups in total. The van der Waals surface area contributed by atoms with Gasteiger partial charge in [-0.2, -0.15) is 0 Å². The van der Waals surface area contributed by atoms with Gasteiger partial charge in [-0.3, -0.25) is 0 Å². The molecule has 1 saturated carbocycles. The summed E-state index contributed by atoms with van der Waals surface area (Å²) >= 11 is 0. The summed E-state index contributed by atoms with van der Waals surface area (Å²) in [5.74, 6) is 2.57. The summed E-state index contributed by atoms with van der Waals surface area (Å²) in [7, 11) is 3.66. The standard InChI is InChI=1S/C16H28N4O/c1-15(2,3)14-19-12(17-6)9-13(20-14)18-10-8-11(21-7)16(10,4)5/h9-11H,8H2,1-7H3,(H2,17,18,19,20). The van der Waals surface area contributed by atoms with Crippen molar-refractivity contribution >= 4 is 11.6 Å². The van der Waals surface area contributed by atoms with Gasteiger partial charge < -0.3 is 15.4 Å². The Labute approximate surface area is 127 Å². The van der Waals surface area contributed by atoms with E-state index in [4.69, 9.17) is 4.74 Å². The van der Waals surface area contributed by atoms with Crippen LogP contribution in [-0.2, 0) is 10.2 Å². The van der Waals surface area contributed by atoms with E-state index in [0.29, 0.717) is 12.1 Å². The average molecular weight is 292 g/mol. The van der Waals surface area contributed by atoms with Gasteiger partial charge in [0.25, 0.3) is 0 Å². The third kappa shape index (κ3) is 3.12. The lowest BCUT2D eigenvalue weighted by atomic mass is 9.64. The minimum absolute atomic E-state index is 0.0759. The van der Waals surface area contributed by atoms with Crippen LogP contribution in [0.25, 0.3) is 0 Å². The Bertz CT molecular complexity index is 507. The number of aromatic nitrogens is 2. The van der Waals surface area contributed by atoms with E-state index in [0.717, 1.165) is 23.9 Å². The van der Waals surface area contributed by atoms with Gasteiger partial charge in [0.15, 0.2) is 0 Å². The van der Waals surface area contributed by atoms with Gasteiger partial charge in [0, 0.05) is 37.1 Å². The third-order valence-corrected chi connectivity index (χ3v) is 4.44. The molecule has 0 radical (unpaired) electrons. The molecule has 1 fully saturated rings. The average Bonchev–Trinajstić information content (AvgIpc) is 2.41. The number of hydrogen-bond acceptors (Lipinski definition) is 5. The number of nitrogens with zero attached hydrogens (tertiary/aromatic N) is 2. The summed E-state index contributed by atoms with van der Waals surface area (Å²) in [5, 5.41) is 6.66. The fourth-order valence-corrected chi connectivity index (χ4v) is 2.69. The molecule has 1 aliphatic carbocycles. The van der Waals surface area contributed by atoms with Crippen molar-refractivity contribution in [2.24, 2.45) is 5.41 Å². The Morgan fingerprint density at radius 3 is 2.33 bits per heavy atom. The van der Waals surface area contributed by atoms with Gasteiger partial charge in [0.1, 0.15) is 17.5 Å². The minimum Gasteiger partial charge on any atom is -0.381 e. The molecule has 1 aromatic heterocycles. The highest BCUT2D eigenvalue weighted by atomic mass is 16.5. The van der Waals surface area contributed by atoms with Crippen LogP contribution in [0, 0.1) is 5.41 Å². The topological polar surface area (TPSA) is 59.1 Å². The Kier molecular flexibility index (Phi) is 4.15. The van der Waals surface area contributed by atoms with Crippen LogP contribution in [0.1, 0.15) is 46.9 Å². The lowest BCUT2D eigenvalue weighted by Gasteiger charge is -2.51. The van der Waals surface area contributed by atoms with E-state index in [2.05, 4.69) is 55.2 Å². The summed E-state index contributed by atoms with van der Waals surface area (Å²) in [6, 6.07) is 2.33. The van der Waals surface area contributed by atoms with E-state index in [-0.39, 0.29) is 10.8 Å². The zero-order chi connectivity index (χ0) is 15.8. The second-order valence-electron chi connectivity index (χ2n) is 7.44. The molecule has 0 saturated heterocycles. The van der Waals surface area contributed by atoms with Crippen LogP contribution >= 0.6 is 0 Å². The molecule has 0 amide bonds. The van der Waals surface area contributed by atoms with Crippen LogP contribution < -0.4 is 10.6 Å². The predicted octanol–water partition coefficient (Wildman–Crippen LogP) is 3.04. The second kappa shape index (κ2) is 5.44. The zero-order valence-corrected chi connectivity index (χ0v) is 14.2. The van der Waals surface area contributed by atoms with Crippen molar-refractivity contribution in [3.8, 4) is 0 Å². The molecule has 1 aliphatic rings. The number of anilines is 2. The fraction of sp³-hybridized carbons (Fsp3) is 0.750. The van der Waals surface area contributed by atoms with E-state index in [1.54, 1.807) is 7.11 Å². The number of ether oxygens (including phenoxy) is 1. The number of nitrogens with one attached hydrogen (secondary N) is 2. The Morgan fingerprint density at radius 2 is 1.86 bits per heavy atom. The van der Waals surface area contributed by atoms with Crippen molar-refractivity contribution in [3.63, 3.8) is 0 Å². The van der Waals surface area contributed by atoms with Gasteiger partial charge in [-0.25, -0.2) is 9.97 Å². The summed E-state index contributed by atoms with van der Waals surface area (Å²) in [6.07, 6.45) is 1.32. The fourth-order valence-electron chi connectivity index (χ4n) is 2.69. The van der Waals surface area contributed by atoms with Gasteiger partial charge >= 0.3 is 0 Å². The molecule has 0 aliphatic heterocycles. The SMILES string of the molecule is CNc1cc(NC2CC(OC)C2(C)C)nc(C(C)(C)C)n1. The van der Waals surface area contributed by atoms with Crippen LogP contribution in [-0.4, -0.2) is 36.3 Å². The Balaban J connectivity index is 2.21. The number of methoxy groups -OCH3 is 1. The van der Waals surface area contributed by atoms with Crippen LogP contribution in [0.3, 0.4) is 0 Å². The summed E-state index contributed by atoms with van der Waals surface area (Å²) < 4.78 is 5.51. The lowest BCUT2D eigenvalue weighted by molar-refractivity contribution is -0.0795. The van der Waals surface area contributed by atoms with Crippen LogP contribution in [0.5, 0.6) is 0 Å². The second-order valence-corrected chi connectivity index (χ2v) is 7.44. The molecule has 5 nitrogen and oxygen atoms in total. The zero-order valence-electron chi connectivity index (χ0n) is 14.2. The summed E-state index contributed by atoms with van der Waals surface area (Å²) in [5.41, 5.74) is 0.0366. The highest BCUT2D eigenvalue weighted by molar-refractivity contribution is 5.49. The third-order valence-electron chi connectivity index (χ3n) is 4.44. The monoisotopic (exact) mass is 292 g/mol. The van der Waals surface area contributed by atoms with E-state index in [1.807, 2.05) is 13.1 Å². The van der Waals surface area contributed by atoms with Crippen molar-refractivity contribution in [2.45, 2.75) is 58.6 Å².